The highest BCUT2D eigenvalue weighted by molar-refractivity contribution is 8.00. The number of hydrazine groups is 1. The van der Waals surface area contributed by atoms with Gasteiger partial charge in [-0.15, -0.1) is 0 Å². The Morgan fingerprint density at radius 2 is 2.05 bits per heavy atom. The van der Waals surface area contributed by atoms with Crippen LogP contribution in [-0.4, -0.2) is 47.5 Å². The Kier molecular flexibility index (Phi) is 6.28. The van der Waals surface area contributed by atoms with Crippen LogP contribution in [0.15, 0.2) is 0 Å². The van der Waals surface area contributed by atoms with Crippen LogP contribution in [0.2, 0.25) is 0 Å². The molecule has 0 radical (unpaired) electrons. The number of nitrogens with two attached hydrogens (primary N) is 1. The fraction of sp³-hybridized carbons (Fsp3) is 0.750. The minimum atomic E-state index is -0.506. The Labute approximate surface area is 132 Å². The van der Waals surface area contributed by atoms with Crippen LogP contribution in [0.5, 0.6) is 0 Å². The van der Waals surface area contributed by atoms with E-state index in [2.05, 4.69) is 26.3 Å². The third kappa shape index (κ3) is 4.75. The van der Waals surface area contributed by atoms with Gasteiger partial charge in [0.2, 0.25) is 5.91 Å². The molecule has 0 aliphatic carbocycles. The Morgan fingerprint density at radius 3 is 2.82 bits per heavy atom. The van der Waals surface area contributed by atoms with Crippen molar-refractivity contribution in [3.05, 3.63) is 0 Å². The molecule has 124 valence electrons. The van der Waals surface area contributed by atoms with Crippen molar-refractivity contribution in [2.24, 2.45) is 5.90 Å². The SMILES string of the molecule is NOCC(=O)NNC(=O)CCCC[C@@H]1SC[C@H]2NC(=O)N[C@@H]12. The number of unbranched alkanes of at least 4 members (excludes halogenated alkanes) is 1. The standard InChI is InChI=1S/C12H21N5O4S/c13-21-5-10(19)17-16-9(18)4-2-1-3-8-11-7(6-22-8)14-12(20)15-11/h7-8,11H,1-6,13H2,(H,16,18)(H,17,19)(H2,14,15,20)/t7-,8+,11-/m1/s1. The lowest BCUT2D eigenvalue weighted by molar-refractivity contribution is -0.131. The van der Waals surface area contributed by atoms with Gasteiger partial charge < -0.3 is 10.6 Å². The summed E-state index contributed by atoms with van der Waals surface area (Å²) in [5, 5.41) is 6.24. The van der Waals surface area contributed by atoms with Gasteiger partial charge in [-0.1, -0.05) is 6.42 Å². The van der Waals surface area contributed by atoms with E-state index in [4.69, 9.17) is 5.90 Å². The van der Waals surface area contributed by atoms with E-state index in [1.54, 1.807) is 0 Å². The van der Waals surface area contributed by atoms with Crippen LogP contribution in [0.1, 0.15) is 25.7 Å². The second-order valence-corrected chi connectivity index (χ2v) is 6.55. The van der Waals surface area contributed by atoms with Gasteiger partial charge in [-0.25, -0.2) is 10.7 Å². The summed E-state index contributed by atoms with van der Waals surface area (Å²) in [6, 6.07) is 0.338. The largest absolute Gasteiger partial charge is 0.332 e. The van der Waals surface area contributed by atoms with Gasteiger partial charge in [-0.2, -0.15) is 11.8 Å². The van der Waals surface area contributed by atoms with Crippen LogP contribution >= 0.6 is 11.8 Å². The second kappa shape index (κ2) is 8.20. The van der Waals surface area contributed by atoms with Crippen LogP contribution in [-0.2, 0) is 14.4 Å². The van der Waals surface area contributed by atoms with E-state index in [0.717, 1.165) is 25.0 Å². The number of carbonyl (C=O) groups is 3. The number of hydrogen-bond donors (Lipinski definition) is 5. The van der Waals surface area contributed by atoms with Gasteiger partial charge in [-0.05, 0) is 12.8 Å². The maximum absolute atomic E-state index is 11.5. The van der Waals surface area contributed by atoms with Crippen molar-refractivity contribution >= 4 is 29.6 Å². The monoisotopic (exact) mass is 331 g/mol. The van der Waals surface area contributed by atoms with Crippen LogP contribution in [0, 0.1) is 0 Å². The van der Waals surface area contributed by atoms with Crippen molar-refractivity contribution in [1.29, 1.82) is 0 Å². The number of carbonyl (C=O) groups excluding carboxylic acids is 3. The Balaban J connectivity index is 1.55. The molecule has 3 atom stereocenters. The predicted molar refractivity (Wildman–Crippen MR) is 80.4 cm³/mol. The topological polar surface area (TPSA) is 135 Å². The molecule has 2 aliphatic heterocycles. The molecule has 0 unspecified atom stereocenters. The zero-order valence-corrected chi connectivity index (χ0v) is 12.9. The average Bonchev–Trinajstić information content (AvgIpc) is 3.01. The highest BCUT2D eigenvalue weighted by atomic mass is 32.2. The predicted octanol–water partition coefficient (Wildman–Crippen LogP) is -1.25. The molecule has 10 heteroatoms. The van der Waals surface area contributed by atoms with Crippen molar-refractivity contribution in [3.8, 4) is 0 Å². The molecule has 9 nitrogen and oxygen atoms in total. The van der Waals surface area contributed by atoms with Crippen molar-refractivity contribution in [2.75, 3.05) is 12.4 Å². The van der Waals surface area contributed by atoms with Gasteiger partial charge >= 0.3 is 6.03 Å². The number of urea groups is 1. The lowest BCUT2D eigenvalue weighted by Crippen LogP contribution is -2.43. The third-order valence-corrected chi connectivity index (χ3v) is 5.15. The molecule has 2 aliphatic rings. The summed E-state index contributed by atoms with van der Waals surface area (Å²) in [4.78, 5) is 37.9. The van der Waals surface area contributed by atoms with Crippen molar-refractivity contribution in [2.45, 2.75) is 43.0 Å². The number of rotatable bonds is 7. The van der Waals surface area contributed by atoms with Gasteiger partial charge in [-0.3, -0.25) is 25.3 Å². The Morgan fingerprint density at radius 1 is 1.27 bits per heavy atom. The minimum absolute atomic E-state index is 0.0862. The lowest BCUT2D eigenvalue weighted by Gasteiger charge is -2.16. The zero-order valence-electron chi connectivity index (χ0n) is 12.1. The molecule has 0 bridgehead atoms. The van der Waals surface area contributed by atoms with E-state index in [1.165, 1.54) is 0 Å². The van der Waals surface area contributed by atoms with Gasteiger partial charge in [0, 0.05) is 17.4 Å². The third-order valence-electron chi connectivity index (χ3n) is 3.64. The first-order valence-electron chi connectivity index (χ1n) is 7.18. The molecule has 0 aromatic rings. The van der Waals surface area contributed by atoms with E-state index in [9.17, 15) is 14.4 Å². The van der Waals surface area contributed by atoms with Gasteiger partial charge in [0.25, 0.3) is 5.91 Å². The molecule has 2 fully saturated rings. The van der Waals surface area contributed by atoms with Crippen LogP contribution < -0.4 is 27.4 Å². The Hall–Kier alpha value is -1.52. The molecule has 6 N–H and O–H groups in total. The van der Waals surface area contributed by atoms with Gasteiger partial charge in [0.05, 0.1) is 12.1 Å². The van der Waals surface area contributed by atoms with E-state index in [-0.39, 0.29) is 30.6 Å². The number of nitrogens with one attached hydrogen (secondary N) is 4. The fourth-order valence-corrected chi connectivity index (χ4v) is 4.13. The van der Waals surface area contributed by atoms with Crippen molar-refractivity contribution < 1.29 is 19.2 Å². The maximum atomic E-state index is 11.5. The molecular formula is C12H21N5O4S. The molecule has 2 rings (SSSR count). The number of amides is 4. The number of thioether (sulfide) groups is 1. The number of hydrogen-bond acceptors (Lipinski definition) is 6. The summed E-state index contributed by atoms with van der Waals surface area (Å²) in [5.74, 6) is 4.91. The van der Waals surface area contributed by atoms with Crippen LogP contribution in [0.4, 0.5) is 4.79 Å². The van der Waals surface area contributed by atoms with Gasteiger partial charge in [0.1, 0.15) is 6.61 Å². The van der Waals surface area contributed by atoms with Crippen molar-refractivity contribution in [3.63, 3.8) is 0 Å². The number of fused-ring (bicyclic) bond motifs is 1. The fourth-order valence-electron chi connectivity index (χ4n) is 2.59. The zero-order chi connectivity index (χ0) is 15.9. The highest BCUT2D eigenvalue weighted by Gasteiger charge is 2.42. The smallest absolute Gasteiger partial charge is 0.315 e. The molecule has 0 spiro atoms. The second-order valence-electron chi connectivity index (χ2n) is 5.27. The molecule has 0 aromatic carbocycles. The molecule has 2 saturated heterocycles. The molecule has 0 saturated carbocycles. The van der Waals surface area contributed by atoms with E-state index < -0.39 is 5.91 Å². The summed E-state index contributed by atoms with van der Waals surface area (Å²) in [7, 11) is 0. The van der Waals surface area contributed by atoms with Crippen molar-refractivity contribution in [1.82, 2.24) is 21.5 Å². The van der Waals surface area contributed by atoms with Crippen LogP contribution in [0.25, 0.3) is 0 Å². The van der Waals surface area contributed by atoms with E-state index >= 15 is 0 Å². The van der Waals surface area contributed by atoms with Crippen LogP contribution in [0.3, 0.4) is 0 Å². The van der Waals surface area contributed by atoms with E-state index in [0.29, 0.717) is 11.7 Å². The molecule has 0 aromatic heterocycles. The minimum Gasteiger partial charge on any atom is -0.332 e. The lowest BCUT2D eigenvalue weighted by atomic mass is 10.0. The summed E-state index contributed by atoms with van der Waals surface area (Å²) >= 11 is 1.85. The highest BCUT2D eigenvalue weighted by Crippen LogP contribution is 2.33. The first kappa shape index (κ1) is 16.8. The summed E-state index contributed by atoms with van der Waals surface area (Å²) in [6.07, 6.45) is 2.91. The summed E-state index contributed by atoms with van der Waals surface area (Å²) < 4.78 is 0. The van der Waals surface area contributed by atoms with E-state index in [1.807, 2.05) is 11.8 Å². The molecular weight excluding hydrogens is 310 g/mol. The summed E-state index contributed by atoms with van der Waals surface area (Å²) in [6.45, 7) is -0.304. The molecule has 22 heavy (non-hydrogen) atoms. The average molecular weight is 331 g/mol. The normalized spacial score (nSPS) is 26.0. The van der Waals surface area contributed by atoms with Gasteiger partial charge in [0.15, 0.2) is 0 Å². The first-order valence-corrected chi connectivity index (χ1v) is 8.23. The summed E-state index contributed by atoms with van der Waals surface area (Å²) in [5.41, 5.74) is 4.49. The molecule has 2 heterocycles. The first-order chi connectivity index (χ1) is 10.6. The molecule has 4 amide bonds. The quantitative estimate of drug-likeness (QED) is 0.225. The Bertz CT molecular complexity index is 436. The maximum Gasteiger partial charge on any atom is 0.315 e.